The van der Waals surface area contributed by atoms with Crippen LogP contribution in [0.3, 0.4) is 0 Å². The first-order chi connectivity index (χ1) is 9.42. The normalized spacial score (nSPS) is 11.4. The van der Waals surface area contributed by atoms with E-state index in [1.807, 2.05) is 0 Å². The van der Waals surface area contributed by atoms with E-state index in [9.17, 15) is 22.7 Å². The Balaban J connectivity index is 2.59. The zero-order valence-corrected chi connectivity index (χ0v) is 10.1. The van der Waals surface area contributed by atoms with E-state index in [4.69, 9.17) is 0 Å². The molecule has 2 nitrogen and oxygen atoms in total. The standard InChI is InChI=1S/C14H10F4O2/c15-11-6-3-4-9(8-19)13(11)10-5-1-2-7-12(10)20-14(16,17)18/h1-7,19H,8H2. The lowest BCUT2D eigenvalue weighted by Crippen LogP contribution is -2.17. The van der Waals surface area contributed by atoms with Gasteiger partial charge in [-0.2, -0.15) is 0 Å². The Kier molecular flexibility index (Phi) is 3.94. The Labute approximate surface area is 112 Å². The first-order valence-corrected chi connectivity index (χ1v) is 5.66. The predicted molar refractivity (Wildman–Crippen MR) is 64.4 cm³/mol. The number of hydrogen-bond donors (Lipinski definition) is 1. The molecule has 2 rings (SSSR count). The Morgan fingerprint density at radius 1 is 1.00 bits per heavy atom. The number of alkyl halides is 3. The van der Waals surface area contributed by atoms with Gasteiger partial charge in [0.2, 0.25) is 0 Å². The van der Waals surface area contributed by atoms with Gasteiger partial charge in [-0.15, -0.1) is 13.2 Å². The fourth-order valence-corrected chi connectivity index (χ4v) is 1.89. The van der Waals surface area contributed by atoms with Gasteiger partial charge in [0.05, 0.1) is 6.61 Å². The summed E-state index contributed by atoms with van der Waals surface area (Å²) >= 11 is 0. The minimum absolute atomic E-state index is 0.0630. The van der Waals surface area contributed by atoms with E-state index in [-0.39, 0.29) is 16.7 Å². The number of ether oxygens (including phenoxy) is 1. The highest BCUT2D eigenvalue weighted by Crippen LogP contribution is 2.36. The second-order valence-corrected chi connectivity index (χ2v) is 3.98. The molecule has 0 spiro atoms. The van der Waals surface area contributed by atoms with Crippen LogP contribution in [0, 0.1) is 5.82 Å². The molecule has 0 saturated heterocycles. The molecule has 0 amide bonds. The van der Waals surface area contributed by atoms with Crippen molar-refractivity contribution in [1.29, 1.82) is 0 Å². The van der Waals surface area contributed by atoms with E-state index in [2.05, 4.69) is 4.74 Å². The molecule has 0 bridgehead atoms. The predicted octanol–water partition coefficient (Wildman–Crippen LogP) is 3.88. The molecular formula is C14H10F4O2. The van der Waals surface area contributed by atoms with Crippen molar-refractivity contribution in [3.8, 4) is 16.9 Å². The second kappa shape index (κ2) is 5.50. The van der Waals surface area contributed by atoms with Crippen LogP contribution in [0.15, 0.2) is 42.5 Å². The second-order valence-electron chi connectivity index (χ2n) is 3.98. The van der Waals surface area contributed by atoms with E-state index >= 15 is 0 Å². The van der Waals surface area contributed by atoms with Crippen molar-refractivity contribution in [2.24, 2.45) is 0 Å². The molecule has 0 aliphatic rings. The summed E-state index contributed by atoms with van der Waals surface area (Å²) in [6.45, 7) is -0.493. The van der Waals surface area contributed by atoms with Gasteiger partial charge in [0, 0.05) is 11.1 Å². The average Bonchev–Trinajstić information content (AvgIpc) is 2.37. The van der Waals surface area contributed by atoms with Crippen LogP contribution in [0.2, 0.25) is 0 Å². The number of para-hydroxylation sites is 1. The zero-order chi connectivity index (χ0) is 14.8. The van der Waals surface area contributed by atoms with Crippen LogP contribution in [-0.2, 0) is 6.61 Å². The third-order valence-corrected chi connectivity index (χ3v) is 2.65. The Hall–Kier alpha value is -2.08. The Bertz CT molecular complexity index is 608. The van der Waals surface area contributed by atoms with E-state index in [1.165, 1.54) is 30.3 Å². The average molecular weight is 286 g/mol. The van der Waals surface area contributed by atoms with Crippen LogP contribution in [0.25, 0.3) is 11.1 Å². The summed E-state index contributed by atoms with van der Waals surface area (Å²) in [7, 11) is 0. The highest BCUT2D eigenvalue weighted by atomic mass is 19.4. The van der Waals surface area contributed by atoms with Crippen molar-refractivity contribution in [2.45, 2.75) is 13.0 Å². The number of benzene rings is 2. The highest BCUT2D eigenvalue weighted by molar-refractivity contribution is 5.73. The maximum atomic E-state index is 13.9. The van der Waals surface area contributed by atoms with Gasteiger partial charge in [0.1, 0.15) is 11.6 Å². The smallest absolute Gasteiger partial charge is 0.405 e. The Morgan fingerprint density at radius 2 is 1.70 bits per heavy atom. The van der Waals surface area contributed by atoms with Gasteiger partial charge in [-0.3, -0.25) is 0 Å². The fraction of sp³-hybridized carbons (Fsp3) is 0.143. The lowest BCUT2D eigenvalue weighted by Gasteiger charge is -2.15. The number of rotatable bonds is 3. The first kappa shape index (κ1) is 14.3. The SMILES string of the molecule is OCc1cccc(F)c1-c1ccccc1OC(F)(F)F. The zero-order valence-electron chi connectivity index (χ0n) is 10.1. The lowest BCUT2D eigenvalue weighted by atomic mass is 9.98. The van der Waals surface area contributed by atoms with Crippen LogP contribution in [0.1, 0.15) is 5.56 Å². The van der Waals surface area contributed by atoms with Crippen molar-refractivity contribution >= 4 is 0 Å². The molecule has 0 fully saturated rings. The molecule has 2 aromatic carbocycles. The van der Waals surface area contributed by atoms with Crippen LogP contribution in [0.4, 0.5) is 17.6 Å². The third kappa shape index (κ3) is 3.08. The van der Waals surface area contributed by atoms with Crippen molar-refractivity contribution in [2.75, 3.05) is 0 Å². The molecular weight excluding hydrogens is 276 g/mol. The minimum atomic E-state index is -4.87. The summed E-state index contributed by atoms with van der Waals surface area (Å²) in [6, 6.07) is 9.13. The number of aliphatic hydroxyl groups excluding tert-OH is 1. The van der Waals surface area contributed by atoms with Gasteiger partial charge in [-0.25, -0.2) is 4.39 Å². The molecule has 0 unspecified atom stereocenters. The van der Waals surface area contributed by atoms with Gasteiger partial charge in [-0.1, -0.05) is 30.3 Å². The van der Waals surface area contributed by atoms with E-state index in [1.54, 1.807) is 0 Å². The van der Waals surface area contributed by atoms with Gasteiger partial charge in [-0.05, 0) is 17.7 Å². The maximum absolute atomic E-state index is 13.9. The molecule has 106 valence electrons. The maximum Gasteiger partial charge on any atom is 0.573 e. The summed E-state index contributed by atoms with van der Waals surface area (Å²) in [6.07, 6.45) is -4.87. The largest absolute Gasteiger partial charge is 0.573 e. The van der Waals surface area contributed by atoms with Crippen LogP contribution in [-0.4, -0.2) is 11.5 Å². The summed E-state index contributed by atoms with van der Waals surface area (Å²) < 4.78 is 54.8. The van der Waals surface area contributed by atoms with Crippen LogP contribution in [0.5, 0.6) is 5.75 Å². The topological polar surface area (TPSA) is 29.5 Å². The van der Waals surface area contributed by atoms with Crippen molar-refractivity contribution in [3.05, 3.63) is 53.8 Å². The summed E-state index contributed by atoms with van der Waals surface area (Å²) in [5, 5.41) is 9.20. The third-order valence-electron chi connectivity index (χ3n) is 2.65. The number of hydrogen-bond acceptors (Lipinski definition) is 2. The van der Waals surface area contributed by atoms with Crippen molar-refractivity contribution in [1.82, 2.24) is 0 Å². The summed E-state index contributed by atoms with van der Waals surface area (Å²) in [4.78, 5) is 0. The molecule has 6 heteroatoms. The highest BCUT2D eigenvalue weighted by Gasteiger charge is 2.32. The van der Waals surface area contributed by atoms with Crippen molar-refractivity contribution in [3.63, 3.8) is 0 Å². The first-order valence-electron chi connectivity index (χ1n) is 5.66. The molecule has 0 atom stereocenters. The molecule has 0 saturated carbocycles. The molecule has 0 aliphatic carbocycles. The quantitative estimate of drug-likeness (QED) is 0.868. The van der Waals surface area contributed by atoms with Gasteiger partial charge < -0.3 is 9.84 Å². The van der Waals surface area contributed by atoms with E-state index < -0.39 is 24.5 Å². The lowest BCUT2D eigenvalue weighted by molar-refractivity contribution is -0.274. The number of aliphatic hydroxyl groups is 1. The van der Waals surface area contributed by atoms with Crippen molar-refractivity contribution < 1.29 is 27.4 Å². The molecule has 0 heterocycles. The van der Waals surface area contributed by atoms with E-state index in [0.29, 0.717) is 0 Å². The molecule has 20 heavy (non-hydrogen) atoms. The van der Waals surface area contributed by atoms with Gasteiger partial charge in [0.25, 0.3) is 0 Å². The van der Waals surface area contributed by atoms with Gasteiger partial charge in [0.15, 0.2) is 0 Å². The fourth-order valence-electron chi connectivity index (χ4n) is 1.89. The Morgan fingerprint density at radius 3 is 2.35 bits per heavy atom. The number of halogens is 4. The molecule has 0 radical (unpaired) electrons. The minimum Gasteiger partial charge on any atom is -0.405 e. The van der Waals surface area contributed by atoms with Gasteiger partial charge >= 0.3 is 6.36 Å². The van der Waals surface area contributed by atoms with Crippen LogP contribution < -0.4 is 4.74 Å². The van der Waals surface area contributed by atoms with E-state index in [0.717, 1.165) is 12.1 Å². The summed E-state index contributed by atoms with van der Waals surface area (Å²) in [5.41, 5.74) is 0.0186. The molecule has 0 aromatic heterocycles. The molecule has 0 aliphatic heterocycles. The molecule has 1 N–H and O–H groups in total. The molecule has 2 aromatic rings. The monoisotopic (exact) mass is 286 g/mol. The van der Waals surface area contributed by atoms with Crippen LogP contribution >= 0.6 is 0 Å². The summed E-state index contributed by atoms with van der Waals surface area (Å²) in [5.74, 6) is -1.24.